The molecule has 1 aromatic carbocycles. The number of nitrogens with zero attached hydrogens (tertiary/aromatic N) is 4. The molecule has 2 amide bonds. The van der Waals surface area contributed by atoms with Gasteiger partial charge >= 0.3 is 0 Å². The summed E-state index contributed by atoms with van der Waals surface area (Å²) >= 11 is 0. The van der Waals surface area contributed by atoms with Crippen LogP contribution in [0.5, 0.6) is 0 Å². The van der Waals surface area contributed by atoms with Crippen LogP contribution in [0.25, 0.3) is 10.9 Å². The van der Waals surface area contributed by atoms with Crippen molar-refractivity contribution in [2.75, 3.05) is 11.9 Å². The van der Waals surface area contributed by atoms with E-state index in [-0.39, 0.29) is 23.8 Å². The highest BCUT2D eigenvalue weighted by Gasteiger charge is 2.31. The van der Waals surface area contributed by atoms with E-state index in [2.05, 4.69) is 36.2 Å². The molecular formula is C22H23N5O2. The third kappa shape index (κ3) is 3.76. The van der Waals surface area contributed by atoms with Crippen molar-refractivity contribution in [2.24, 2.45) is 10.5 Å². The van der Waals surface area contributed by atoms with Gasteiger partial charge in [-0.15, -0.1) is 0 Å². The second kappa shape index (κ2) is 7.16. The Morgan fingerprint density at radius 3 is 2.69 bits per heavy atom. The number of pyridine rings is 1. The first-order valence-electron chi connectivity index (χ1n) is 9.51. The predicted molar refractivity (Wildman–Crippen MR) is 113 cm³/mol. The lowest BCUT2D eigenvalue weighted by atomic mass is 9.90. The summed E-state index contributed by atoms with van der Waals surface area (Å²) in [5.41, 5.74) is 2.66. The Bertz CT molecular complexity index is 1110. The zero-order valence-corrected chi connectivity index (χ0v) is 16.7. The molecule has 3 heterocycles. The normalized spacial score (nSPS) is 14.4. The quantitative estimate of drug-likeness (QED) is 0.744. The molecule has 4 rings (SSSR count). The summed E-state index contributed by atoms with van der Waals surface area (Å²) in [6.07, 6.45) is 3.19. The summed E-state index contributed by atoms with van der Waals surface area (Å²) in [6.45, 7) is 6.50. The van der Waals surface area contributed by atoms with E-state index in [1.54, 1.807) is 24.5 Å². The van der Waals surface area contributed by atoms with E-state index in [4.69, 9.17) is 0 Å². The molecular weight excluding hydrogens is 366 g/mol. The first kappa shape index (κ1) is 18.9. The van der Waals surface area contributed by atoms with Crippen molar-refractivity contribution in [3.05, 3.63) is 60.6 Å². The molecule has 1 N–H and O–H groups in total. The van der Waals surface area contributed by atoms with E-state index >= 15 is 0 Å². The van der Waals surface area contributed by atoms with Crippen molar-refractivity contribution in [3.8, 4) is 0 Å². The molecule has 148 valence electrons. The van der Waals surface area contributed by atoms with Crippen LogP contribution in [0.2, 0.25) is 0 Å². The van der Waals surface area contributed by atoms with Crippen LogP contribution < -0.4 is 5.32 Å². The highest BCUT2D eigenvalue weighted by Crippen LogP contribution is 2.27. The second-order valence-electron chi connectivity index (χ2n) is 8.12. The lowest BCUT2D eigenvalue weighted by molar-refractivity contribution is -0.116. The first-order valence-corrected chi connectivity index (χ1v) is 9.51. The number of aromatic nitrogens is 2. The Morgan fingerprint density at radius 1 is 1.17 bits per heavy atom. The Balaban J connectivity index is 1.70. The Morgan fingerprint density at radius 2 is 1.97 bits per heavy atom. The van der Waals surface area contributed by atoms with E-state index in [1.165, 1.54) is 5.01 Å². The number of para-hydroxylation sites is 1. The zero-order chi connectivity index (χ0) is 20.6. The Hall–Kier alpha value is -3.48. The molecule has 0 spiro atoms. The molecule has 0 fully saturated rings. The number of carbonyl (C=O) groups excluding carboxylic acids is 2. The zero-order valence-electron chi connectivity index (χ0n) is 16.7. The molecule has 0 atom stereocenters. The van der Waals surface area contributed by atoms with Crippen LogP contribution in [0.3, 0.4) is 0 Å². The first-order chi connectivity index (χ1) is 13.8. The molecule has 7 heteroatoms. The Labute approximate surface area is 169 Å². The molecule has 3 aromatic rings. The molecule has 7 nitrogen and oxygen atoms in total. The summed E-state index contributed by atoms with van der Waals surface area (Å²) in [4.78, 5) is 29.8. The summed E-state index contributed by atoms with van der Waals surface area (Å²) < 4.78 is 1.99. The van der Waals surface area contributed by atoms with Crippen LogP contribution in [0.1, 0.15) is 31.3 Å². The topological polar surface area (TPSA) is 79.6 Å². The van der Waals surface area contributed by atoms with E-state index in [0.29, 0.717) is 17.9 Å². The van der Waals surface area contributed by atoms with Crippen molar-refractivity contribution >= 4 is 34.1 Å². The fraction of sp³-hybridized carbons (Fsp3) is 0.273. The average molecular weight is 389 g/mol. The fourth-order valence-electron chi connectivity index (χ4n) is 3.33. The standard InChI is InChI=1S/C22H23N5O2/c1-22(2,3)19-13-26-17-9-5-4-7-15(17)11-18(26)21(29)27(25-19)14-20(28)24-16-8-6-10-23-12-16/h4-12H,13-14H2,1-3H3,(H,24,28). The van der Waals surface area contributed by atoms with E-state index in [0.717, 1.165) is 16.6 Å². The van der Waals surface area contributed by atoms with Gasteiger partial charge in [0.1, 0.15) is 12.2 Å². The molecule has 1 aliphatic rings. The maximum Gasteiger partial charge on any atom is 0.291 e. The van der Waals surface area contributed by atoms with Crippen LogP contribution in [0.4, 0.5) is 5.69 Å². The van der Waals surface area contributed by atoms with Gasteiger partial charge in [0, 0.05) is 22.5 Å². The number of benzene rings is 1. The number of nitrogens with one attached hydrogen (secondary N) is 1. The van der Waals surface area contributed by atoms with Crippen molar-refractivity contribution < 1.29 is 9.59 Å². The van der Waals surface area contributed by atoms with Gasteiger partial charge in [0.05, 0.1) is 24.1 Å². The summed E-state index contributed by atoms with van der Waals surface area (Å²) in [5.74, 6) is -0.616. The van der Waals surface area contributed by atoms with Gasteiger partial charge in [0.25, 0.3) is 5.91 Å². The molecule has 2 aromatic heterocycles. The van der Waals surface area contributed by atoms with Gasteiger partial charge in [0.2, 0.25) is 5.91 Å². The number of amides is 2. The minimum atomic E-state index is -0.326. The molecule has 0 bridgehead atoms. The van der Waals surface area contributed by atoms with Crippen LogP contribution in [0.15, 0.2) is 60.0 Å². The highest BCUT2D eigenvalue weighted by molar-refractivity contribution is 6.04. The Kier molecular flexibility index (Phi) is 4.66. The summed E-state index contributed by atoms with van der Waals surface area (Å²) in [5, 5.41) is 9.63. The van der Waals surface area contributed by atoms with Crippen molar-refractivity contribution in [1.29, 1.82) is 0 Å². The predicted octanol–water partition coefficient (Wildman–Crippen LogP) is 3.53. The minimum Gasteiger partial charge on any atom is -0.331 e. The minimum absolute atomic E-state index is 0.172. The van der Waals surface area contributed by atoms with Crippen molar-refractivity contribution in [3.63, 3.8) is 0 Å². The molecule has 0 saturated carbocycles. The van der Waals surface area contributed by atoms with E-state index < -0.39 is 0 Å². The van der Waals surface area contributed by atoms with E-state index in [9.17, 15) is 9.59 Å². The molecule has 0 aliphatic carbocycles. The summed E-state index contributed by atoms with van der Waals surface area (Å²) in [6, 6.07) is 13.2. The van der Waals surface area contributed by atoms with Crippen molar-refractivity contribution in [1.82, 2.24) is 14.6 Å². The van der Waals surface area contributed by atoms with Gasteiger partial charge in [-0.2, -0.15) is 5.10 Å². The molecule has 1 aliphatic heterocycles. The van der Waals surface area contributed by atoms with Gasteiger partial charge in [-0.1, -0.05) is 39.0 Å². The average Bonchev–Trinajstić information content (AvgIpc) is 2.98. The lowest BCUT2D eigenvalue weighted by Crippen LogP contribution is -2.35. The monoisotopic (exact) mass is 389 g/mol. The second-order valence-corrected chi connectivity index (χ2v) is 8.12. The number of hydrogen-bond donors (Lipinski definition) is 1. The summed E-state index contributed by atoms with van der Waals surface area (Å²) in [7, 11) is 0. The number of fused-ring (bicyclic) bond motifs is 3. The van der Waals surface area contributed by atoms with Gasteiger partial charge in [-0.3, -0.25) is 14.6 Å². The SMILES string of the molecule is CC(C)(C)C1=NN(CC(=O)Nc2cccnc2)C(=O)c2cc3ccccc3n2C1. The van der Waals surface area contributed by atoms with E-state index in [1.807, 2.05) is 34.9 Å². The number of rotatable bonds is 3. The number of anilines is 1. The van der Waals surface area contributed by atoms with Crippen LogP contribution in [0, 0.1) is 5.41 Å². The third-order valence-electron chi connectivity index (χ3n) is 4.92. The van der Waals surface area contributed by atoms with Gasteiger partial charge < -0.3 is 9.88 Å². The van der Waals surface area contributed by atoms with Crippen LogP contribution >= 0.6 is 0 Å². The van der Waals surface area contributed by atoms with Crippen molar-refractivity contribution in [2.45, 2.75) is 27.3 Å². The number of carbonyl (C=O) groups is 2. The molecule has 0 unspecified atom stereocenters. The fourth-order valence-corrected chi connectivity index (χ4v) is 3.33. The van der Waals surface area contributed by atoms with Crippen LogP contribution in [-0.2, 0) is 11.3 Å². The largest absolute Gasteiger partial charge is 0.331 e. The van der Waals surface area contributed by atoms with Gasteiger partial charge in [-0.25, -0.2) is 5.01 Å². The highest BCUT2D eigenvalue weighted by atomic mass is 16.2. The number of hydrazone groups is 1. The molecule has 29 heavy (non-hydrogen) atoms. The smallest absolute Gasteiger partial charge is 0.291 e. The van der Waals surface area contributed by atoms with Gasteiger partial charge in [0.15, 0.2) is 0 Å². The number of hydrogen-bond acceptors (Lipinski definition) is 4. The lowest BCUT2D eigenvalue weighted by Gasteiger charge is -2.23. The third-order valence-corrected chi connectivity index (χ3v) is 4.92. The van der Waals surface area contributed by atoms with Crippen LogP contribution in [-0.4, -0.2) is 38.6 Å². The maximum absolute atomic E-state index is 13.3. The molecule has 0 radical (unpaired) electrons. The molecule has 0 saturated heterocycles. The van der Waals surface area contributed by atoms with Gasteiger partial charge in [-0.05, 0) is 24.3 Å². The maximum atomic E-state index is 13.3.